The number of hydrogen-bond acceptors (Lipinski definition) is 31. The minimum Gasteiger partial charge on any atom is -0.748 e. The highest BCUT2D eigenvalue weighted by atomic mass is 32.2. The molecule has 38 nitrogen and oxygen atoms in total. The Labute approximate surface area is 769 Å². The minimum absolute atomic E-state index is 0.0243. The minimum atomic E-state index is -3.92. The van der Waals surface area contributed by atoms with Crippen molar-refractivity contribution in [3.05, 3.63) is 144 Å². The van der Waals surface area contributed by atoms with E-state index in [0.29, 0.717) is 54.5 Å². The van der Waals surface area contributed by atoms with Gasteiger partial charge in [0, 0.05) is 121 Å². The third-order valence-corrected chi connectivity index (χ3v) is 27.5. The fourth-order valence-corrected chi connectivity index (χ4v) is 20.3. The van der Waals surface area contributed by atoms with Crippen LogP contribution in [0.3, 0.4) is 0 Å². The molecule has 0 aliphatic carbocycles. The Kier molecular flexibility index (Phi) is 39.1. The number of esters is 2. The SMILES string of the molecule is CC[C@H]1NC(=O)[C@@H](NC(=O)c2ncccc2O)[C@@H](C)OC(=O)[C@H](c2ccccc2)NC(=O)[C@@H]2CC(=O)[C@H](CS[C@@H]3C[N+]4CCC3CC4)CN2C(=O)[C@H](Cc2ccc(N(C)C)cc2)N(C)C(=O)[C@@H]2CCCN2C1=O.CC[N+](CC)CCS(=O)(=O)[C@@H]1CCN2C(=O)c3coc(n3)CC(=O)C[C@H](O)/C=C(C)/C=C/CNC(=O)/C=C/[C@@H](C)[C@@H](C(C)C)OC(=O)[C@@H]12.CS(=O)(=O)[O-].CS(=O)(=O)[O-]. The summed E-state index contributed by atoms with van der Waals surface area (Å²) in [6.07, 6.45) is 10.3. The predicted octanol–water partition coefficient (Wildman–Crippen LogP) is 2.59. The summed E-state index contributed by atoms with van der Waals surface area (Å²) in [6, 6.07) is 8.81. The van der Waals surface area contributed by atoms with E-state index in [-0.39, 0.29) is 124 Å². The number of pyridine rings is 1. The van der Waals surface area contributed by atoms with Crippen LogP contribution in [0.5, 0.6) is 5.75 Å². The number of piperidine rings is 4. The maximum Gasteiger partial charge on any atom is 0.333 e. The summed E-state index contributed by atoms with van der Waals surface area (Å²) in [7, 11) is -6.38. The van der Waals surface area contributed by atoms with Gasteiger partial charge >= 0.3 is 11.9 Å². The number of aliphatic hydroxyl groups excluding tert-OH is 1. The van der Waals surface area contributed by atoms with Gasteiger partial charge in [0.05, 0.1) is 43.3 Å². The molecule has 6 N–H and O–H groups in total. The van der Waals surface area contributed by atoms with Crippen LogP contribution in [0.2, 0.25) is 0 Å². The van der Waals surface area contributed by atoms with Gasteiger partial charge in [0.15, 0.2) is 27.3 Å². The van der Waals surface area contributed by atoms with E-state index in [1.807, 2.05) is 75.9 Å². The lowest BCUT2D eigenvalue weighted by Gasteiger charge is -2.43. The molecule has 4 bridgehead atoms. The van der Waals surface area contributed by atoms with Crippen LogP contribution >= 0.6 is 11.8 Å². The maximum absolute atomic E-state index is 15.7. The van der Waals surface area contributed by atoms with Crippen molar-refractivity contribution in [2.45, 2.75) is 191 Å². The number of oxazole rings is 1. The number of likely N-dealkylation sites (N-methyl/N-ethyl adjacent to an activating group) is 1. The summed E-state index contributed by atoms with van der Waals surface area (Å²) in [6.45, 7) is 19.0. The average Bonchev–Trinajstić information content (AvgIpc) is 1.48. The van der Waals surface area contributed by atoms with Gasteiger partial charge in [-0.1, -0.05) is 100 Å². The molecule has 4 aromatic rings. The van der Waals surface area contributed by atoms with Crippen LogP contribution < -0.4 is 36.0 Å². The number of nitrogens with zero attached hydrogens (tertiary/aromatic N) is 9. The lowest BCUT2D eigenvalue weighted by Crippen LogP contribution is -2.63. The van der Waals surface area contributed by atoms with Gasteiger partial charge in [0.2, 0.25) is 41.3 Å². The Morgan fingerprint density at radius 3 is 2.06 bits per heavy atom. The molecule has 7 fully saturated rings. The number of aliphatic hydroxyl groups is 1. The molecule has 0 saturated carbocycles. The number of hydrogen-bond donors (Lipinski definition) is 6. The number of nitrogens with one attached hydrogen (secondary N) is 4. The first-order chi connectivity index (χ1) is 61.7. The molecule has 0 unspecified atom stereocenters. The third kappa shape index (κ3) is 30.9. The molecule has 8 aliphatic heterocycles. The van der Waals surface area contributed by atoms with E-state index in [1.54, 1.807) is 81.1 Å². The second kappa shape index (κ2) is 48.4. The first-order valence-corrected chi connectivity index (χ1v) is 50.1. The average molecular weight is 1900 g/mol. The summed E-state index contributed by atoms with van der Waals surface area (Å²) in [5.74, 6) is -9.05. The molecule has 2 aromatic heterocycles. The van der Waals surface area contributed by atoms with Gasteiger partial charge in [-0.3, -0.25) is 47.9 Å². The Morgan fingerprint density at radius 2 is 1.45 bits per heavy atom. The molecule has 2 aromatic carbocycles. The zero-order chi connectivity index (χ0) is 96.7. The van der Waals surface area contributed by atoms with Crippen molar-refractivity contribution in [1.29, 1.82) is 0 Å². The van der Waals surface area contributed by atoms with Crippen molar-refractivity contribution in [1.82, 2.24) is 60.6 Å². The number of anilines is 1. The van der Waals surface area contributed by atoms with E-state index in [0.717, 1.165) is 54.9 Å². The largest absolute Gasteiger partial charge is 0.748 e. The molecule has 8 aliphatic rings. The van der Waals surface area contributed by atoms with Crippen LogP contribution in [0.4, 0.5) is 5.69 Å². The van der Waals surface area contributed by atoms with E-state index >= 15 is 14.4 Å². The van der Waals surface area contributed by atoms with Crippen LogP contribution in [-0.2, 0) is 100 Å². The van der Waals surface area contributed by atoms with Gasteiger partial charge in [-0.05, 0) is 107 Å². The van der Waals surface area contributed by atoms with E-state index in [4.69, 9.17) is 39.8 Å². The van der Waals surface area contributed by atoms with Crippen molar-refractivity contribution in [3.63, 3.8) is 0 Å². The quantitative estimate of drug-likeness (QED) is 0.0502. The predicted molar refractivity (Wildman–Crippen MR) is 483 cm³/mol. The molecule has 718 valence electrons. The number of ether oxygens (including phenoxy) is 2. The van der Waals surface area contributed by atoms with Crippen molar-refractivity contribution in [2.75, 3.05) is 116 Å². The fourth-order valence-electron chi connectivity index (χ4n) is 16.8. The third-order valence-electron chi connectivity index (χ3n) is 23.8. The number of carbonyl (C=O) groups excluding carboxylic acids is 12. The summed E-state index contributed by atoms with van der Waals surface area (Å²) in [5.41, 5.74) is 1.99. The topological polar surface area (TPSA) is 527 Å². The number of fused-ring (bicyclic) bond motifs is 8. The van der Waals surface area contributed by atoms with Crippen molar-refractivity contribution in [2.24, 2.45) is 23.7 Å². The van der Waals surface area contributed by atoms with Crippen LogP contribution in [0, 0.1) is 23.7 Å². The normalized spacial score (nSPS) is 27.6. The Bertz CT molecular complexity index is 5100. The van der Waals surface area contributed by atoms with Crippen LogP contribution in [0.15, 0.2) is 120 Å². The molecule has 7 saturated heterocycles. The number of sulfone groups is 1. The lowest BCUT2D eigenvalue weighted by atomic mass is 9.88. The molecular weight excluding hydrogens is 1780 g/mol. The van der Waals surface area contributed by atoms with Gasteiger partial charge in [-0.25, -0.2) is 44.8 Å². The number of carbonyl (C=O) groups is 12. The Balaban J connectivity index is 0.000000314. The smallest absolute Gasteiger partial charge is 0.333 e. The summed E-state index contributed by atoms with van der Waals surface area (Å²) < 4.78 is 99.3. The zero-order valence-electron chi connectivity index (χ0n) is 76.1. The van der Waals surface area contributed by atoms with Gasteiger partial charge in [0.1, 0.15) is 117 Å². The van der Waals surface area contributed by atoms with E-state index in [2.05, 4.69) is 36.1 Å². The molecule has 2 radical (unpaired) electrons. The number of aromatic nitrogens is 2. The number of ketones is 2. The number of amides is 8. The first-order valence-electron chi connectivity index (χ1n) is 43.7. The van der Waals surface area contributed by atoms with Crippen molar-refractivity contribution in [3.8, 4) is 5.75 Å². The fraction of sp³-hybridized carbons (Fsp3) is 0.573. The molecule has 14 atom stereocenters. The van der Waals surface area contributed by atoms with Gasteiger partial charge < -0.3 is 79.0 Å². The van der Waals surface area contributed by atoms with Gasteiger partial charge in [-0.2, -0.15) is 21.6 Å². The first kappa shape index (κ1) is 106. The van der Waals surface area contributed by atoms with E-state index in [1.165, 1.54) is 59.2 Å². The standard InChI is InChI=1S/C53H67N9O10S.C34H50N4O9S.2CH4O3S/c1-6-37-50(68)61-23-11-14-38(61)51(69)59(5)40(26-32-16-18-36(19-17-32)58(3)4)52(70)62-28-35(30-73-43-29-60-24-20-33(43)21-25-60)42(64)27-39(62)47(65)57-45(34-12-8-7-9-13-34)53(71)72-31(2)44(48(66)55-37)56-49(67)46-41(63)15-10-22-54-46;1-7-37(8-2)16-17-48(44,45)28-13-15-38-31(28)34(43)47-32(22(3)4)24(6)11-12-29(41)35-14-9-10-23(5)18-25(39)19-26(40)20-30-36-27(21-46-30)33(38)42;2*1-5(2,3)4/h7-10,12-13,15-19,22,31,33,35,37-40,43-45,63H,6,11,14,20-21,23-30H2,1-5H3,(H,55,66)(H,56,67)(H,57,65);9-12,18,21-22,24-25,28,31-32,39H,7-8,13-17,19-20H2,1-6H3,(H,35,41);2*1H3,(H,2,3,4)/q2*+1;;/p-2/b;10-9+,12-11+,23-18+;;/t31-,35+,37-,38+,39+,40+,43-,44+,45+;24-,25-,28-,31-,32-;;/m11../s1. The second-order valence-corrected chi connectivity index (χ2v) is 40.6. The van der Waals surface area contributed by atoms with E-state index in [9.17, 15) is 61.8 Å². The summed E-state index contributed by atoms with van der Waals surface area (Å²) >= 11 is 1.73. The number of rotatable bonds is 17. The summed E-state index contributed by atoms with van der Waals surface area (Å²) in [5, 5.41) is 30.8. The Morgan fingerprint density at radius 1 is 0.786 bits per heavy atom. The second-order valence-electron chi connectivity index (χ2n) is 34.2. The van der Waals surface area contributed by atoms with Crippen molar-refractivity contribution >= 4 is 118 Å². The monoisotopic (exact) mass is 1900 g/mol. The van der Waals surface area contributed by atoms with Crippen molar-refractivity contribution < 1.29 is 116 Å². The highest BCUT2D eigenvalue weighted by molar-refractivity contribution is 8.00. The molecule has 8 amide bonds. The number of allylic oxidation sites excluding steroid dienone is 2. The van der Waals surface area contributed by atoms with Gasteiger partial charge in [-0.15, -0.1) is 0 Å². The highest BCUT2D eigenvalue weighted by Gasteiger charge is 2.53. The highest BCUT2D eigenvalue weighted by Crippen LogP contribution is 2.38. The van der Waals surface area contributed by atoms with Crippen LogP contribution in [0.1, 0.15) is 151 Å². The lowest BCUT2D eigenvalue weighted by molar-refractivity contribution is -0.158. The number of benzene rings is 2. The molecule has 131 heavy (non-hydrogen) atoms. The summed E-state index contributed by atoms with van der Waals surface area (Å²) in [4.78, 5) is 190. The zero-order valence-corrected chi connectivity index (χ0v) is 79.4. The molecular formula is C89H123N13O25S4. The molecule has 42 heteroatoms. The number of thioether (sulfide) groups is 1. The number of cyclic esters (lactones) is 2. The Hall–Kier alpha value is -10.3. The molecule has 12 rings (SSSR count). The maximum atomic E-state index is 15.7. The molecule has 0 spiro atoms. The molecule has 10 heterocycles. The number of Topliss-reactive ketones (excluding diaryl/α,β-unsaturated/α-hetero) is 2. The van der Waals surface area contributed by atoms with Crippen LogP contribution in [0.25, 0.3) is 0 Å². The van der Waals surface area contributed by atoms with Crippen LogP contribution in [-0.4, -0.2) is 321 Å². The van der Waals surface area contributed by atoms with Gasteiger partial charge in [0.25, 0.3) is 11.8 Å². The van der Waals surface area contributed by atoms with E-state index < -0.39 is 172 Å². The number of aromatic hydroxyl groups is 1.